The highest BCUT2D eigenvalue weighted by atomic mass is 19.4. The van der Waals surface area contributed by atoms with Gasteiger partial charge in [-0.1, -0.05) is 24.3 Å². The summed E-state index contributed by atoms with van der Waals surface area (Å²) in [6.07, 6.45) is -4.36. The maximum atomic E-state index is 13.2. The summed E-state index contributed by atoms with van der Waals surface area (Å²) < 4.78 is 45.1. The number of carbonyl (C=O) groups excluding carboxylic acids is 1. The zero-order valence-corrected chi connectivity index (χ0v) is 16.5. The van der Waals surface area contributed by atoms with Gasteiger partial charge in [-0.15, -0.1) is 0 Å². The molecular formula is C22H24F3N3O2. The van der Waals surface area contributed by atoms with Crippen LogP contribution in [-0.4, -0.2) is 55.1 Å². The lowest BCUT2D eigenvalue weighted by atomic mass is 10.0. The van der Waals surface area contributed by atoms with E-state index in [1.54, 1.807) is 35.2 Å². The highest BCUT2D eigenvalue weighted by molar-refractivity contribution is 6.01. The minimum Gasteiger partial charge on any atom is -0.379 e. The number of amides is 1. The number of nitrogens with zero attached hydrogens (tertiary/aromatic N) is 2. The van der Waals surface area contributed by atoms with Crippen molar-refractivity contribution in [3.8, 4) is 0 Å². The molecule has 5 nitrogen and oxygen atoms in total. The standard InChI is InChI=1S/C22H24F3N3O2/c23-22(24,25)17-6-3-5-16(15-17)20-26-19-8-2-1-7-18(19)21(29)28(20)10-4-9-27-11-13-30-14-12-27/h1-3,5-8,15,20,26H,4,9-14H2/t20-/m0/s1. The first-order valence-electron chi connectivity index (χ1n) is 10.1. The third-order valence-electron chi connectivity index (χ3n) is 5.53. The summed E-state index contributed by atoms with van der Waals surface area (Å²) in [7, 11) is 0. The SMILES string of the molecule is O=C1c2ccccc2N[C@H](c2cccc(C(F)(F)F)c2)N1CCCN1CCOCC1. The summed E-state index contributed by atoms with van der Waals surface area (Å²) >= 11 is 0. The third kappa shape index (κ3) is 4.44. The molecule has 8 heteroatoms. The first kappa shape index (κ1) is 20.7. The van der Waals surface area contributed by atoms with Crippen molar-refractivity contribution < 1.29 is 22.7 Å². The minimum absolute atomic E-state index is 0.172. The minimum atomic E-state index is -4.44. The summed E-state index contributed by atoms with van der Waals surface area (Å²) in [5.41, 5.74) is 0.863. The normalized spacial score (nSPS) is 20.0. The van der Waals surface area contributed by atoms with Crippen molar-refractivity contribution in [2.75, 3.05) is 44.7 Å². The van der Waals surface area contributed by atoms with E-state index >= 15 is 0 Å². The molecule has 0 aliphatic carbocycles. The average molecular weight is 419 g/mol. The molecule has 2 aromatic rings. The van der Waals surface area contributed by atoms with Gasteiger partial charge in [-0.2, -0.15) is 13.2 Å². The number of morpholine rings is 1. The molecular weight excluding hydrogens is 395 g/mol. The van der Waals surface area contributed by atoms with Crippen molar-refractivity contribution >= 4 is 11.6 Å². The zero-order chi connectivity index (χ0) is 21.1. The van der Waals surface area contributed by atoms with Gasteiger partial charge in [-0.05, 0) is 36.2 Å². The van der Waals surface area contributed by atoms with Crippen LogP contribution in [0.3, 0.4) is 0 Å². The summed E-state index contributed by atoms with van der Waals surface area (Å²) in [6.45, 7) is 4.36. The topological polar surface area (TPSA) is 44.8 Å². The number of carbonyl (C=O) groups is 1. The Morgan fingerprint density at radius 3 is 2.57 bits per heavy atom. The largest absolute Gasteiger partial charge is 0.416 e. The van der Waals surface area contributed by atoms with Gasteiger partial charge in [0.15, 0.2) is 0 Å². The summed E-state index contributed by atoms with van der Waals surface area (Å²) in [4.78, 5) is 17.1. The lowest BCUT2D eigenvalue weighted by Gasteiger charge is -2.39. The van der Waals surface area contributed by atoms with Gasteiger partial charge in [0.2, 0.25) is 0 Å². The number of alkyl halides is 3. The second kappa shape index (κ2) is 8.65. The zero-order valence-electron chi connectivity index (χ0n) is 16.5. The van der Waals surface area contributed by atoms with E-state index in [-0.39, 0.29) is 5.91 Å². The number of fused-ring (bicyclic) bond motifs is 1. The molecule has 160 valence electrons. The maximum absolute atomic E-state index is 13.2. The number of hydrogen-bond donors (Lipinski definition) is 1. The van der Waals surface area contributed by atoms with Crippen LogP contribution >= 0.6 is 0 Å². The van der Waals surface area contributed by atoms with Crippen LogP contribution in [0.15, 0.2) is 48.5 Å². The monoisotopic (exact) mass is 419 g/mol. The van der Waals surface area contributed by atoms with E-state index < -0.39 is 17.9 Å². The van der Waals surface area contributed by atoms with Gasteiger partial charge >= 0.3 is 6.18 Å². The second-order valence-electron chi connectivity index (χ2n) is 7.52. The molecule has 1 fully saturated rings. The molecule has 0 unspecified atom stereocenters. The molecule has 1 atom stereocenters. The smallest absolute Gasteiger partial charge is 0.379 e. The van der Waals surface area contributed by atoms with E-state index in [0.717, 1.165) is 38.2 Å². The lowest BCUT2D eigenvalue weighted by Crippen LogP contribution is -2.44. The van der Waals surface area contributed by atoms with Crippen molar-refractivity contribution in [2.24, 2.45) is 0 Å². The fourth-order valence-electron chi connectivity index (χ4n) is 3.96. The van der Waals surface area contributed by atoms with Crippen LogP contribution in [0.5, 0.6) is 0 Å². The van der Waals surface area contributed by atoms with Crippen LogP contribution in [0.2, 0.25) is 0 Å². The number of ether oxygens (including phenoxy) is 1. The molecule has 1 saturated heterocycles. The lowest BCUT2D eigenvalue weighted by molar-refractivity contribution is -0.137. The number of benzene rings is 2. The van der Waals surface area contributed by atoms with E-state index in [0.29, 0.717) is 36.6 Å². The van der Waals surface area contributed by atoms with Crippen LogP contribution < -0.4 is 5.32 Å². The Morgan fingerprint density at radius 1 is 1.03 bits per heavy atom. The molecule has 1 N–H and O–H groups in total. The number of hydrogen-bond acceptors (Lipinski definition) is 4. The van der Waals surface area contributed by atoms with Crippen molar-refractivity contribution in [1.82, 2.24) is 9.80 Å². The van der Waals surface area contributed by atoms with Crippen molar-refractivity contribution in [2.45, 2.75) is 18.8 Å². The van der Waals surface area contributed by atoms with Gasteiger partial charge in [0.05, 0.1) is 24.3 Å². The molecule has 4 rings (SSSR count). The van der Waals surface area contributed by atoms with E-state index in [4.69, 9.17) is 4.74 Å². The molecule has 2 aliphatic rings. The maximum Gasteiger partial charge on any atom is 0.416 e. The predicted octanol–water partition coefficient (Wildman–Crippen LogP) is 3.99. The Morgan fingerprint density at radius 2 is 1.80 bits per heavy atom. The molecule has 30 heavy (non-hydrogen) atoms. The van der Waals surface area contributed by atoms with Crippen molar-refractivity contribution in [3.05, 3.63) is 65.2 Å². The Kier molecular flexibility index (Phi) is 5.97. The number of nitrogens with one attached hydrogen (secondary N) is 1. The third-order valence-corrected chi connectivity index (χ3v) is 5.53. The van der Waals surface area contributed by atoms with Crippen LogP contribution in [0.25, 0.3) is 0 Å². The average Bonchev–Trinajstić information content (AvgIpc) is 2.75. The Balaban J connectivity index is 1.58. The van der Waals surface area contributed by atoms with E-state index in [2.05, 4.69) is 10.2 Å². The van der Waals surface area contributed by atoms with Crippen LogP contribution in [0, 0.1) is 0 Å². The van der Waals surface area contributed by atoms with E-state index in [1.165, 1.54) is 6.07 Å². The van der Waals surface area contributed by atoms with Crippen molar-refractivity contribution in [3.63, 3.8) is 0 Å². The van der Waals surface area contributed by atoms with Gasteiger partial charge in [-0.25, -0.2) is 0 Å². The molecule has 2 aliphatic heterocycles. The highest BCUT2D eigenvalue weighted by Gasteiger charge is 2.35. The van der Waals surface area contributed by atoms with Gasteiger partial charge in [0.1, 0.15) is 6.17 Å². The molecule has 2 heterocycles. The number of halogens is 3. The van der Waals surface area contributed by atoms with E-state index in [9.17, 15) is 18.0 Å². The van der Waals surface area contributed by atoms with Crippen molar-refractivity contribution in [1.29, 1.82) is 0 Å². The first-order valence-corrected chi connectivity index (χ1v) is 10.1. The molecule has 0 spiro atoms. The second-order valence-corrected chi connectivity index (χ2v) is 7.52. The van der Waals surface area contributed by atoms with Crippen LogP contribution in [0.1, 0.15) is 34.1 Å². The molecule has 1 amide bonds. The molecule has 0 aromatic heterocycles. The fraction of sp³-hybridized carbons (Fsp3) is 0.409. The molecule has 0 radical (unpaired) electrons. The Hall–Kier alpha value is -2.58. The molecule has 2 aromatic carbocycles. The predicted molar refractivity (Wildman–Crippen MR) is 107 cm³/mol. The summed E-state index contributed by atoms with van der Waals surface area (Å²) in [5.74, 6) is -0.172. The Bertz CT molecular complexity index is 897. The Labute approximate surface area is 173 Å². The first-order chi connectivity index (χ1) is 14.4. The summed E-state index contributed by atoms with van der Waals surface area (Å²) in [6, 6.07) is 12.3. The van der Waals surface area contributed by atoms with Gasteiger partial charge in [0, 0.05) is 31.9 Å². The quantitative estimate of drug-likeness (QED) is 0.796. The summed E-state index contributed by atoms with van der Waals surface area (Å²) in [5, 5.41) is 3.27. The van der Waals surface area contributed by atoms with Gasteiger partial charge < -0.3 is 15.0 Å². The van der Waals surface area contributed by atoms with Gasteiger partial charge in [-0.3, -0.25) is 9.69 Å². The number of anilines is 1. The molecule has 0 bridgehead atoms. The van der Waals surface area contributed by atoms with Crippen LogP contribution in [0.4, 0.5) is 18.9 Å². The van der Waals surface area contributed by atoms with E-state index in [1.807, 2.05) is 0 Å². The number of rotatable bonds is 5. The van der Waals surface area contributed by atoms with Gasteiger partial charge in [0.25, 0.3) is 5.91 Å². The highest BCUT2D eigenvalue weighted by Crippen LogP contribution is 2.36. The molecule has 0 saturated carbocycles. The van der Waals surface area contributed by atoms with Crippen LogP contribution in [-0.2, 0) is 10.9 Å². The number of para-hydroxylation sites is 1. The fourth-order valence-corrected chi connectivity index (χ4v) is 3.96.